The highest BCUT2D eigenvalue weighted by molar-refractivity contribution is 6.34. The molecular weight excluding hydrogens is 487 g/mol. The summed E-state index contributed by atoms with van der Waals surface area (Å²) >= 11 is 6.50. The molecule has 0 saturated carbocycles. The number of nitrogens with zero attached hydrogens (tertiary/aromatic N) is 4. The standard InChI is InChI=1S/C24H24ClFN8O2/c1-3-28-24(35)32-18-5-4-13(8-17(18)25)19-20(27)34-22-14(10-31-34)6-12(2)36-23-15(7-16(26)11-30-23)9-29-21(19)33-22/h4-5,7-8,10-12H,3,6,9,27H2,1-2H3,(H,29,33)(H2,28,32,35). The number of benzene rings is 1. The second-order valence-electron chi connectivity index (χ2n) is 8.41. The van der Waals surface area contributed by atoms with E-state index >= 15 is 0 Å². The molecule has 4 aromatic rings. The first kappa shape index (κ1) is 23.6. The molecule has 1 atom stereocenters. The number of nitrogens with one attached hydrogen (secondary N) is 3. The quantitative estimate of drug-likeness (QED) is 0.324. The van der Waals surface area contributed by atoms with Gasteiger partial charge in [0.05, 0.1) is 28.7 Å². The molecule has 4 heterocycles. The number of carbonyl (C=O) groups excluding carboxylic acids is 1. The molecule has 2 bridgehead atoms. The number of urea groups is 1. The summed E-state index contributed by atoms with van der Waals surface area (Å²) in [6, 6.07) is 6.18. The van der Waals surface area contributed by atoms with Gasteiger partial charge in [-0.1, -0.05) is 17.7 Å². The Morgan fingerprint density at radius 3 is 2.94 bits per heavy atom. The lowest BCUT2D eigenvalue weighted by atomic mass is 10.1. The van der Waals surface area contributed by atoms with Gasteiger partial charge < -0.3 is 26.4 Å². The van der Waals surface area contributed by atoms with Crippen molar-refractivity contribution in [1.82, 2.24) is 24.9 Å². The number of halogens is 2. The van der Waals surface area contributed by atoms with Gasteiger partial charge in [0.15, 0.2) is 5.65 Å². The lowest BCUT2D eigenvalue weighted by molar-refractivity contribution is 0.211. The second-order valence-corrected chi connectivity index (χ2v) is 8.82. The van der Waals surface area contributed by atoms with Crippen molar-refractivity contribution in [2.45, 2.75) is 32.9 Å². The molecule has 0 saturated heterocycles. The fourth-order valence-corrected chi connectivity index (χ4v) is 4.37. The minimum Gasteiger partial charge on any atom is -0.474 e. The number of nitrogens with two attached hydrogens (primary N) is 1. The van der Waals surface area contributed by atoms with Crippen molar-refractivity contribution in [1.29, 1.82) is 0 Å². The van der Waals surface area contributed by atoms with Crippen LogP contribution < -0.4 is 26.4 Å². The summed E-state index contributed by atoms with van der Waals surface area (Å²) in [7, 11) is 0. The van der Waals surface area contributed by atoms with Crippen molar-refractivity contribution in [2.75, 3.05) is 22.9 Å². The summed E-state index contributed by atoms with van der Waals surface area (Å²) in [4.78, 5) is 20.9. The predicted molar refractivity (Wildman–Crippen MR) is 136 cm³/mol. The van der Waals surface area contributed by atoms with Crippen LogP contribution in [0.5, 0.6) is 5.88 Å². The van der Waals surface area contributed by atoms with Crippen LogP contribution in [0.2, 0.25) is 5.02 Å². The number of ether oxygens (including phenoxy) is 1. The molecule has 2 amide bonds. The Hall–Kier alpha value is -4.12. The van der Waals surface area contributed by atoms with E-state index in [9.17, 15) is 9.18 Å². The average molecular weight is 511 g/mol. The van der Waals surface area contributed by atoms with E-state index < -0.39 is 5.82 Å². The summed E-state index contributed by atoms with van der Waals surface area (Å²) in [6.07, 6.45) is 3.07. The SMILES string of the molecule is CCNC(=O)Nc1ccc(-c2c3nc4c(cnn4c2N)CC(C)Oc2ncc(F)cc2CN3)cc1Cl. The highest BCUT2D eigenvalue weighted by atomic mass is 35.5. The van der Waals surface area contributed by atoms with Crippen molar-refractivity contribution >= 4 is 40.6 Å². The highest BCUT2D eigenvalue weighted by Crippen LogP contribution is 2.37. The van der Waals surface area contributed by atoms with Gasteiger partial charge in [0.1, 0.15) is 23.6 Å². The zero-order chi connectivity index (χ0) is 25.4. The van der Waals surface area contributed by atoms with Crippen LogP contribution in [0.3, 0.4) is 0 Å². The zero-order valence-electron chi connectivity index (χ0n) is 19.6. The second kappa shape index (κ2) is 9.50. The largest absolute Gasteiger partial charge is 0.474 e. The van der Waals surface area contributed by atoms with Gasteiger partial charge in [-0.05, 0) is 37.6 Å². The van der Waals surface area contributed by atoms with Crippen molar-refractivity contribution in [2.24, 2.45) is 0 Å². The molecule has 0 aliphatic carbocycles. The summed E-state index contributed by atoms with van der Waals surface area (Å²) < 4.78 is 21.6. The van der Waals surface area contributed by atoms with Crippen LogP contribution in [0, 0.1) is 5.82 Å². The molecule has 1 unspecified atom stereocenters. The van der Waals surface area contributed by atoms with E-state index in [4.69, 9.17) is 27.1 Å². The van der Waals surface area contributed by atoms with Crippen LogP contribution in [-0.4, -0.2) is 38.3 Å². The highest BCUT2D eigenvalue weighted by Gasteiger charge is 2.23. The zero-order valence-corrected chi connectivity index (χ0v) is 20.4. The van der Waals surface area contributed by atoms with Gasteiger partial charge in [0.25, 0.3) is 0 Å². The molecule has 5 rings (SSSR count). The molecule has 1 aliphatic heterocycles. The van der Waals surface area contributed by atoms with E-state index in [0.29, 0.717) is 63.5 Å². The Morgan fingerprint density at radius 2 is 2.17 bits per heavy atom. The lowest BCUT2D eigenvalue weighted by Gasteiger charge is -2.17. The first-order valence-electron chi connectivity index (χ1n) is 11.4. The van der Waals surface area contributed by atoms with Crippen molar-refractivity contribution in [3.05, 3.63) is 58.6 Å². The number of hydrogen-bond donors (Lipinski definition) is 4. The number of nitrogen functional groups attached to an aromatic ring is 1. The van der Waals surface area contributed by atoms with Crippen molar-refractivity contribution < 1.29 is 13.9 Å². The molecular formula is C24H24ClFN8O2. The third-order valence-corrected chi connectivity index (χ3v) is 6.07. The number of pyridine rings is 1. The first-order chi connectivity index (χ1) is 17.3. The first-order valence-corrected chi connectivity index (χ1v) is 11.8. The molecule has 10 nitrogen and oxygen atoms in total. The van der Waals surface area contributed by atoms with Crippen LogP contribution in [0.25, 0.3) is 16.8 Å². The molecule has 3 aromatic heterocycles. The Bertz CT molecular complexity index is 1470. The molecule has 5 N–H and O–H groups in total. The van der Waals surface area contributed by atoms with E-state index in [1.165, 1.54) is 6.07 Å². The fraction of sp³-hybridized carbons (Fsp3) is 0.250. The summed E-state index contributed by atoms with van der Waals surface area (Å²) in [5, 5.41) is 13.4. The number of anilines is 3. The molecule has 1 aromatic carbocycles. The van der Waals surface area contributed by atoms with Gasteiger partial charge in [-0.25, -0.2) is 19.2 Å². The normalized spacial score (nSPS) is 14.9. The summed E-state index contributed by atoms with van der Waals surface area (Å²) in [5.41, 5.74) is 10.2. The van der Waals surface area contributed by atoms with Crippen LogP contribution in [0.1, 0.15) is 25.0 Å². The van der Waals surface area contributed by atoms with Crippen LogP contribution in [0.15, 0.2) is 36.7 Å². The fourth-order valence-electron chi connectivity index (χ4n) is 4.14. The third-order valence-electron chi connectivity index (χ3n) is 5.76. The van der Waals surface area contributed by atoms with Gasteiger partial charge in [-0.15, -0.1) is 0 Å². The smallest absolute Gasteiger partial charge is 0.319 e. The van der Waals surface area contributed by atoms with Gasteiger partial charge in [0.2, 0.25) is 5.88 Å². The molecule has 0 radical (unpaired) electrons. The monoisotopic (exact) mass is 510 g/mol. The third kappa shape index (κ3) is 4.44. The van der Waals surface area contributed by atoms with Crippen LogP contribution >= 0.6 is 11.6 Å². The summed E-state index contributed by atoms with van der Waals surface area (Å²) in [5.74, 6) is 0.684. The molecule has 36 heavy (non-hydrogen) atoms. The Kier molecular flexibility index (Phi) is 6.23. The van der Waals surface area contributed by atoms with E-state index in [1.807, 2.05) is 13.8 Å². The van der Waals surface area contributed by atoms with E-state index in [2.05, 4.69) is 26.0 Å². The van der Waals surface area contributed by atoms with E-state index in [-0.39, 0.29) is 18.7 Å². The number of hydrogen-bond acceptors (Lipinski definition) is 7. The molecule has 1 aliphatic rings. The average Bonchev–Trinajstić information content (AvgIpc) is 3.22. The number of aromatic nitrogens is 4. The summed E-state index contributed by atoms with van der Waals surface area (Å²) in [6.45, 7) is 4.40. The molecule has 186 valence electrons. The molecule has 0 spiro atoms. The number of rotatable bonds is 3. The number of carbonyl (C=O) groups is 1. The maximum absolute atomic E-state index is 14.0. The van der Waals surface area contributed by atoms with Crippen molar-refractivity contribution in [3.8, 4) is 17.0 Å². The van der Waals surface area contributed by atoms with Gasteiger partial charge in [-0.3, -0.25) is 0 Å². The van der Waals surface area contributed by atoms with Gasteiger partial charge >= 0.3 is 6.03 Å². The van der Waals surface area contributed by atoms with E-state index in [1.54, 1.807) is 28.9 Å². The Labute approximate surface area is 211 Å². The molecule has 12 heteroatoms. The topological polar surface area (TPSA) is 131 Å². The van der Waals surface area contributed by atoms with Crippen molar-refractivity contribution in [3.63, 3.8) is 0 Å². The van der Waals surface area contributed by atoms with Crippen LogP contribution in [-0.2, 0) is 13.0 Å². The Balaban J connectivity index is 1.62. The maximum Gasteiger partial charge on any atom is 0.319 e. The van der Waals surface area contributed by atoms with Gasteiger partial charge in [-0.2, -0.15) is 9.61 Å². The maximum atomic E-state index is 14.0. The Morgan fingerprint density at radius 1 is 1.33 bits per heavy atom. The van der Waals surface area contributed by atoms with Gasteiger partial charge in [0, 0.05) is 30.6 Å². The molecule has 0 fully saturated rings. The minimum absolute atomic E-state index is 0.191. The number of fused-ring (bicyclic) bond motifs is 2. The minimum atomic E-state index is -0.469. The lowest BCUT2D eigenvalue weighted by Crippen LogP contribution is -2.28. The number of amides is 2. The van der Waals surface area contributed by atoms with E-state index in [0.717, 1.165) is 11.8 Å². The van der Waals surface area contributed by atoms with Crippen LogP contribution in [0.4, 0.5) is 26.5 Å². The predicted octanol–water partition coefficient (Wildman–Crippen LogP) is 4.24.